The summed E-state index contributed by atoms with van der Waals surface area (Å²) in [4.78, 5) is 11.2. The number of aliphatic hydroxyl groups is 1. The smallest absolute Gasteiger partial charge is 0.276 e. The fourth-order valence-electron chi connectivity index (χ4n) is 2.34. The van der Waals surface area contributed by atoms with Gasteiger partial charge in [-0.15, -0.1) is 11.3 Å². The molecule has 7 nitrogen and oxygen atoms in total. The van der Waals surface area contributed by atoms with E-state index in [4.69, 9.17) is 5.11 Å². The summed E-state index contributed by atoms with van der Waals surface area (Å²) in [6, 6.07) is 10.3. The van der Waals surface area contributed by atoms with E-state index in [1.807, 2.05) is 19.1 Å². The van der Waals surface area contributed by atoms with E-state index >= 15 is 0 Å². The minimum Gasteiger partial charge on any atom is -0.396 e. The van der Waals surface area contributed by atoms with Crippen molar-refractivity contribution in [2.45, 2.75) is 25.2 Å². The van der Waals surface area contributed by atoms with E-state index in [2.05, 4.69) is 19.9 Å². The number of aliphatic hydroxyl groups excluding tert-OH is 1. The van der Waals surface area contributed by atoms with Crippen molar-refractivity contribution in [2.75, 3.05) is 6.61 Å². The van der Waals surface area contributed by atoms with E-state index in [9.17, 15) is 8.42 Å². The monoisotopic (exact) mass is 416 g/mol. The highest BCUT2D eigenvalue weighted by molar-refractivity contribution is 7.89. The number of thiazole rings is 1. The molecule has 0 saturated carbocycles. The quantitative estimate of drug-likeness (QED) is 0.455. The Morgan fingerprint density at radius 2 is 1.96 bits per heavy atom. The van der Waals surface area contributed by atoms with E-state index in [1.165, 1.54) is 23.5 Å². The summed E-state index contributed by atoms with van der Waals surface area (Å²) in [5.41, 5.74) is 3.67. The summed E-state index contributed by atoms with van der Waals surface area (Å²) in [7, 11) is -3.73. The van der Waals surface area contributed by atoms with Crippen LogP contribution in [0.1, 0.15) is 23.7 Å². The summed E-state index contributed by atoms with van der Waals surface area (Å²) in [5, 5.41) is 15.5. The van der Waals surface area contributed by atoms with Gasteiger partial charge in [0.05, 0.1) is 22.0 Å². The summed E-state index contributed by atoms with van der Waals surface area (Å²) in [6.07, 6.45) is 2.27. The molecule has 0 spiro atoms. The summed E-state index contributed by atoms with van der Waals surface area (Å²) in [6.45, 7) is 3.66. The van der Waals surface area contributed by atoms with Crippen LogP contribution in [0.15, 0.2) is 58.0 Å². The molecule has 2 heterocycles. The van der Waals surface area contributed by atoms with Crippen LogP contribution in [0.4, 0.5) is 0 Å². The maximum absolute atomic E-state index is 12.3. The Balaban J connectivity index is 1.74. The van der Waals surface area contributed by atoms with Crippen LogP contribution in [0, 0.1) is 6.92 Å². The van der Waals surface area contributed by atoms with Crippen LogP contribution in [-0.4, -0.2) is 35.8 Å². The zero-order valence-electron chi connectivity index (χ0n) is 15.5. The average molecular weight is 417 g/mol. The Morgan fingerprint density at radius 1 is 1.21 bits per heavy atom. The zero-order valence-corrected chi connectivity index (χ0v) is 17.1. The van der Waals surface area contributed by atoms with Crippen LogP contribution in [0.3, 0.4) is 0 Å². The molecule has 0 aliphatic heterocycles. The predicted molar refractivity (Wildman–Crippen MR) is 110 cm³/mol. The maximum Gasteiger partial charge on any atom is 0.276 e. The highest BCUT2D eigenvalue weighted by atomic mass is 32.2. The van der Waals surface area contributed by atoms with Gasteiger partial charge in [-0.1, -0.05) is 23.8 Å². The molecule has 0 unspecified atom stereocenters. The molecule has 2 N–H and O–H groups in total. The van der Waals surface area contributed by atoms with Crippen LogP contribution in [0.25, 0.3) is 10.7 Å². The van der Waals surface area contributed by atoms with Crippen molar-refractivity contribution in [3.8, 4) is 10.7 Å². The lowest BCUT2D eigenvalue weighted by atomic mass is 10.2. The third-order valence-electron chi connectivity index (χ3n) is 3.98. The molecular formula is C19H20N4O3S2. The van der Waals surface area contributed by atoms with Gasteiger partial charge in [0, 0.05) is 18.2 Å². The number of hydrogen-bond donors (Lipinski definition) is 2. The Morgan fingerprint density at radius 3 is 2.61 bits per heavy atom. The van der Waals surface area contributed by atoms with Crippen LogP contribution in [-0.2, 0) is 16.4 Å². The SMILES string of the molecule is C/C(=N/NS(=O)(=O)c1ccc(C)cc1)c1csc(-c2ccc(CCO)cn2)n1. The van der Waals surface area contributed by atoms with Crippen LogP contribution in [0.5, 0.6) is 0 Å². The number of aromatic nitrogens is 2. The Labute approximate surface area is 167 Å². The minimum atomic E-state index is -3.73. The first-order chi connectivity index (χ1) is 13.4. The molecule has 0 atom stereocenters. The Hall–Kier alpha value is -2.62. The first kappa shape index (κ1) is 20.1. The second kappa shape index (κ2) is 8.59. The molecule has 0 fully saturated rings. The number of rotatable bonds is 7. The van der Waals surface area contributed by atoms with E-state index in [0.29, 0.717) is 28.5 Å². The number of hydrogen-bond acceptors (Lipinski definition) is 7. The van der Waals surface area contributed by atoms with Crippen molar-refractivity contribution in [3.05, 3.63) is 64.8 Å². The van der Waals surface area contributed by atoms with E-state index in [0.717, 1.165) is 11.1 Å². The van der Waals surface area contributed by atoms with Crippen molar-refractivity contribution in [1.29, 1.82) is 0 Å². The van der Waals surface area contributed by atoms with Crippen LogP contribution >= 0.6 is 11.3 Å². The number of nitrogens with zero attached hydrogens (tertiary/aromatic N) is 3. The molecule has 0 saturated heterocycles. The van der Waals surface area contributed by atoms with E-state index in [-0.39, 0.29) is 11.5 Å². The first-order valence-corrected chi connectivity index (χ1v) is 10.9. The number of aryl methyl sites for hydroxylation is 1. The first-order valence-electron chi connectivity index (χ1n) is 8.54. The highest BCUT2D eigenvalue weighted by Crippen LogP contribution is 2.22. The van der Waals surface area contributed by atoms with Gasteiger partial charge in [0.15, 0.2) is 0 Å². The van der Waals surface area contributed by atoms with Gasteiger partial charge in [-0.25, -0.2) is 4.98 Å². The number of benzene rings is 1. The van der Waals surface area contributed by atoms with Gasteiger partial charge >= 0.3 is 0 Å². The topological polar surface area (TPSA) is 105 Å². The maximum atomic E-state index is 12.3. The number of pyridine rings is 1. The van der Waals surface area contributed by atoms with Crippen molar-refractivity contribution in [2.24, 2.45) is 5.10 Å². The average Bonchev–Trinajstić information content (AvgIpc) is 3.18. The fourth-order valence-corrected chi connectivity index (χ4v) is 4.04. The molecule has 9 heteroatoms. The zero-order chi connectivity index (χ0) is 20.1. The molecule has 0 aliphatic rings. The molecule has 0 aliphatic carbocycles. The third kappa shape index (κ3) is 4.80. The molecule has 0 bridgehead atoms. The summed E-state index contributed by atoms with van der Waals surface area (Å²) in [5.74, 6) is 0. The van der Waals surface area contributed by atoms with E-state index in [1.54, 1.807) is 30.6 Å². The lowest BCUT2D eigenvalue weighted by molar-refractivity contribution is 0.299. The fraction of sp³-hybridized carbons (Fsp3) is 0.211. The van der Waals surface area contributed by atoms with E-state index < -0.39 is 10.0 Å². The molecule has 3 rings (SSSR count). The standard InChI is InChI=1S/C19H20N4O3S2/c1-13-3-6-16(7-4-13)28(25,26)23-22-14(2)18-12-27-19(21-18)17-8-5-15(9-10-24)11-20-17/h3-8,11-12,23-24H,9-10H2,1-2H3/b22-14-. The lowest BCUT2D eigenvalue weighted by Crippen LogP contribution is -2.20. The minimum absolute atomic E-state index is 0.0799. The lowest BCUT2D eigenvalue weighted by Gasteiger charge is -2.04. The second-order valence-electron chi connectivity index (χ2n) is 6.17. The number of hydrazone groups is 1. The van der Waals surface area contributed by atoms with Crippen molar-refractivity contribution >= 4 is 27.1 Å². The molecule has 146 valence electrons. The molecule has 1 aromatic carbocycles. The van der Waals surface area contributed by atoms with Crippen molar-refractivity contribution < 1.29 is 13.5 Å². The van der Waals surface area contributed by atoms with Crippen molar-refractivity contribution in [1.82, 2.24) is 14.8 Å². The molecule has 0 radical (unpaired) electrons. The molecular weight excluding hydrogens is 396 g/mol. The Bertz CT molecular complexity index is 1070. The second-order valence-corrected chi connectivity index (χ2v) is 8.69. The highest BCUT2D eigenvalue weighted by Gasteiger charge is 2.14. The van der Waals surface area contributed by atoms with Gasteiger partial charge < -0.3 is 5.11 Å². The van der Waals surface area contributed by atoms with Gasteiger partial charge in [-0.2, -0.15) is 18.4 Å². The third-order valence-corrected chi connectivity index (χ3v) is 6.07. The van der Waals surface area contributed by atoms with Gasteiger partial charge in [-0.3, -0.25) is 4.98 Å². The molecule has 3 aromatic rings. The summed E-state index contributed by atoms with van der Waals surface area (Å²) >= 11 is 1.40. The normalized spacial score (nSPS) is 12.2. The Kier molecular flexibility index (Phi) is 6.18. The van der Waals surface area contributed by atoms with Gasteiger partial charge in [0.2, 0.25) is 0 Å². The predicted octanol–water partition coefficient (Wildman–Crippen LogP) is 2.75. The van der Waals surface area contributed by atoms with Gasteiger partial charge in [0.1, 0.15) is 5.01 Å². The molecule has 28 heavy (non-hydrogen) atoms. The molecule has 0 amide bonds. The van der Waals surface area contributed by atoms with Gasteiger partial charge in [0.25, 0.3) is 10.0 Å². The van der Waals surface area contributed by atoms with Crippen molar-refractivity contribution in [3.63, 3.8) is 0 Å². The van der Waals surface area contributed by atoms with Crippen LogP contribution in [0.2, 0.25) is 0 Å². The number of nitrogens with one attached hydrogen (secondary N) is 1. The number of sulfonamides is 1. The van der Waals surface area contributed by atoms with Gasteiger partial charge in [-0.05, 0) is 44.0 Å². The summed E-state index contributed by atoms with van der Waals surface area (Å²) < 4.78 is 24.7. The largest absolute Gasteiger partial charge is 0.396 e. The molecule has 2 aromatic heterocycles. The van der Waals surface area contributed by atoms with Crippen LogP contribution < -0.4 is 4.83 Å².